The van der Waals surface area contributed by atoms with Gasteiger partial charge in [0.15, 0.2) is 0 Å². The van der Waals surface area contributed by atoms with Crippen molar-refractivity contribution in [2.24, 2.45) is 0 Å². The van der Waals surface area contributed by atoms with E-state index >= 15 is 0 Å². The molecule has 0 atom stereocenters. The Morgan fingerprint density at radius 1 is 1.36 bits per heavy atom. The number of rotatable bonds is 2. The van der Waals surface area contributed by atoms with Crippen molar-refractivity contribution in [3.05, 3.63) is 29.8 Å². The summed E-state index contributed by atoms with van der Waals surface area (Å²) in [6.45, 7) is 3.56. The average Bonchev–Trinajstić information content (AvgIpc) is 2.04. The first-order chi connectivity index (χ1) is 5.25. The summed E-state index contributed by atoms with van der Waals surface area (Å²) in [5, 5.41) is 9.34. The molecule has 1 aromatic rings. The lowest BCUT2D eigenvalue weighted by atomic mass is 9.62. The van der Waals surface area contributed by atoms with Gasteiger partial charge in [-0.05, 0) is 11.9 Å². The van der Waals surface area contributed by atoms with E-state index in [0.717, 1.165) is 11.9 Å². The zero-order valence-corrected chi connectivity index (χ0v) is 7.04. The molecule has 0 fully saturated rings. The van der Waals surface area contributed by atoms with E-state index in [4.69, 9.17) is 0 Å². The topological polar surface area (TPSA) is 20.2 Å². The van der Waals surface area contributed by atoms with E-state index < -0.39 is 0 Å². The van der Waals surface area contributed by atoms with Crippen LogP contribution < -0.4 is 5.46 Å². The van der Waals surface area contributed by atoms with Gasteiger partial charge in [-0.3, -0.25) is 0 Å². The summed E-state index contributed by atoms with van der Waals surface area (Å²) in [6.07, 6.45) is 0.987. The third kappa shape index (κ3) is 1.84. The van der Waals surface area contributed by atoms with Gasteiger partial charge in [0.2, 0.25) is 0 Å². The minimum atomic E-state index is -0.342. The Morgan fingerprint density at radius 3 is 2.45 bits per heavy atom. The number of benzene rings is 1. The molecule has 58 valence electrons. The van der Waals surface area contributed by atoms with Gasteiger partial charge in [-0.1, -0.05) is 43.6 Å². The lowest BCUT2D eigenvalue weighted by Crippen LogP contribution is -2.29. The fraction of sp³-hybridized carbons (Fsp3) is 0.333. The fourth-order valence-corrected chi connectivity index (χ4v) is 1.26. The minimum absolute atomic E-state index is 0.342. The summed E-state index contributed by atoms with van der Waals surface area (Å²) in [4.78, 5) is 0. The van der Waals surface area contributed by atoms with Crippen molar-refractivity contribution in [2.45, 2.75) is 20.2 Å². The summed E-state index contributed by atoms with van der Waals surface area (Å²) in [7, 11) is 0. The molecule has 0 amide bonds. The molecule has 0 aromatic heterocycles. The molecule has 0 saturated heterocycles. The maximum absolute atomic E-state index is 9.34. The standard InChI is InChI=1S/C9H13BO/c1-3-8-6-4-5-7-9(8)10(2)11/h4-7,11H,3H2,1-2H3. The number of hydrogen-bond donors (Lipinski definition) is 1. The molecule has 2 heteroatoms. The van der Waals surface area contributed by atoms with Gasteiger partial charge in [-0.2, -0.15) is 0 Å². The van der Waals surface area contributed by atoms with Crippen LogP contribution in [-0.4, -0.2) is 11.9 Å². The predicted octanol–water partition coefficient (Wildman–Crippen LogP) is 1.07. The highest BCUT2D eigenvalue weighted by Crippen LogP contribution is 1.97. The smallest absolute Gasteiger partial charge is 0.320 e. The van der Waals surface area contributed by atoms with Crippen molar-refractivity contribution in [2.75, 3.05) is 0 Å². The summed E-state index contributed by atoms with van der Waals surface area (Å²) < 4.78 is 0. The molecule has 0 radical (unpaired) electrons. The van der Waals surface area contributed by atoms with E-state index in [0.29, 0.717) is 0 Å². The maximum Gasteiger partial charge on any atom is 0.320 e. The van der Waals surface area contributed by atoms with Crippen LogP contribution in [0.2, 0.25) is 6.82 Å². The zero-order chi connectivity index (χ0) is 8.27. The van der Waals surface area contributed by atoms with Crippen molar-refractivity contribution >= 4 is 12.4 Å². The highest BCUT2D eigenvalue weighted by Gasteiger charge is 2.08. The van der Waals surface area contributed by atoms with Gasteiger partial charge < -0.3 is 5.02 Å². The summed E-state index contributed by atoms with van der Waals surface area (Å²) >= 11 is 0. The highest BCUT2D eigenvalue weighted by molar-refractivity contribution is 6.65. The van der Waals surface area contributed by atoms with Crippen LogP contribution in [0.15, 0.2) is 24.3 Å². The van der Waals surface area contributed by atoms with Crippen molar-refractivity contribution in [1.29, 1.82) is 0 Å². The van der Waals surface area contributed by atoms with Crippen molar-refractivity contribution in [3.8, 4) is 0 Å². The van der Waals surface area contributed by atoms with Crippen molar-refractivity contribution in [3.63, 3.8) is 0 Å². The Labute approximate surface area is 68.2 Å². The van der Waals surface area contributed by atoms with Gasteiger partial charge in [-0.15, -0.1) is 0 Å². The Morgan fingerprint density at radius 2 is 2.00 bits per heavy atom. The molecular weight excluding hydrogens is 135 g/mol. The van der Waals surface area contributed by atoms with Crippen LogP contribution in [0.4, 0.5) is 0 Å². The van der Waals surface area contributed by atoms with Crippen molar-refractivity contribution in [1.82, 2.24) is 0 Å². The molecule has 0 aliphatic rings. The first-order valence-corrected chi connectivity index (χ1v) is 4.01. The molecular formula is C9H13BO. The Balaban J connectivity index is 3.02. The predicted molar refractivity (Wildman–Crippen MR) is 49.3 cm³/mol. The number of hydrogen-bond acceptors (Lipinski definition) is 1. The van der Waals surface area contributed by atoms with Crippen LogP contribution in [0, 0.1) is 0 Å². The van der Waals surface area contributed by atoms with Gasteiger partial charge >= 0.3 is 6.92 Å². The van der Waals surface area contributed by atoms with Gasteiger partial charge in [-0.25, -0.2) is 0 Å². The zero-order valence-electron chi connectivity index (χ0n) is 7.04. The van der Waals surface area contributed by atoms with E-state index in [1.807, 2.05) is 18.2 Å². The molecule has 11 heavy (non-hydrogen) atoms. The van der Waals surface area contributed by atoms with Crippen LogP contribution in [0.3, 0.4) is 0 Å². The van der Waals surface area contributed by atoms with E-state index in [9.17, 15) is 5.02 Å². The third-order valence-electron chi connectivity index (χ3n) is 1.89. The first-order valence-electron chi connectivity index (χ1n) is 4.01. The van der Waals surface area contributed by atoms with E-state index in [1.54, 1.807) is 6.82 Å². The van der Waals surface area contributed by atoms with Gasteiger partial charge in [0, 0.05) is 0 Å². The third-order valence-corrected chi connectivity index (χ3v) is 1.89. The van der Waals surface area contributed by atoms with Crippen molar-refractivity contribution < 1.29 is 5.02 Å². The normalized spacial score (nSPS) is 9.73. The lowest BCUT2D eigenvalue weighted by Gasteiger charge is -2.06. The van der Waals surface area contributed by atoms with Crippen LogP contribution in [-0.2, 0) is 6.42 Å². The number of aryl methyl sites for hydroxylation is 1. The molecule has 1 rings (SSSR count). The quantitative estimate of drug-likeness (QED) is 0.622. The largest absolute Gasteiger partial charge is 0.446 e. The molecule has 1 aromatic carbocycles. The first kappa shape index (κ1) is 8.34. The highest BCUT2D eigenvalue weighted by atomic mass is 16.2. The second-order valence-corrected chi connectivity index (χ2v) is 2.73. The Bertz CT molecular complexity index is 233. The molecule has 0 unspecified atom stereocenters. The molecule has 0 heterocycles. The van der Waals surface area contributed by atoms with Crippen LogP contribution in [0.25, 0.3) is 0 Å². The van der Waals surface area contributed by atoms with Crippen LogP contribution >= 0.6 is 0 Å². The van der Waals surface area contributed by atoms with Crippen LogP contribution in [0.5, 0.6) is 0 Å². The lowest BCUT2D eigenvalue weighted by molar-refractivity contribution is 0.593. The second-order valence-electron chi connectivity index (χ2n) is 2.73. The summed E-state index contributed by atoms with van der Waals surface area (Å²) in [5.41, 5.74) is 2.29. The van der Waals surface area contributed by atoms with Gasteiger partial charge in [0.25, 0.3) is 0 Å². The average molecular weight is 148 g/mol. The Kier molecular flexibility index (Phi) is 2.72. The molecule has 1 nitrogen and oxygen atoms in total. The van der Waals surface area contributed by atoms with Crippen LogP contribution in [0.1, 0.15) is 12.5 Å². The molecule has 0 saturated carbocycles. The Hall–Kier alpha value is -0.755. The SMILES string of the molecule is CCc1ccccc1B(C)O. The molecule has 0 aliphatic carbocycles. The summed E-state index contributed by atoms with van der Waals surface area (Å²) in [6, 6.07) is 8.00. The molecule has 1 N–H and O–H groups in total. The monoisotopic (exact) mass is 148 g/mol. The molecule has 0 spiro atoms. The van der Waals surface area contributed by atoms with E-state index in [2.05, 4.69) is 13.0 Å². The molecule has 0 bridgehead atoms. The fourth-order valence-electron chi connectivity index (χ4n) is 1.26. The van der Waals surface area contributed by atoms with Gasteiger partial charge in [0.1, 0.15) is 0 Å². The maximum atomic E-state index is 9.34. The summed E-state index contributed by atoms with van der Waals surface area (Å²) in [5.74, 6) is 0. The van der Waals surface area contributed by atoms with E-state index in [-0.39, 0.29) is 6.92 Å². The second kappa shape index (κ2) is 3.58. The van der Waals surface area contributed by atoms with Gasteiger partial charge in [0.05, 0.1) is 0 Å². The minimum Gasteiger partial charge on any atom is -0.446 e. The van der Waals surface area contributed by atoms with E-state index in [1.165, 1.54) is 5.56 Å². The molecule has 0 aliphatic heterocycles.